The molecule has 4 atom stereocenters. The highest BCUT2D eigenvalue weighted by Gasteiger charge is 2.59. The van der Waals surface area contributed by atoms with Crippen LogP contribution in [0.5, 0.6) is 11.5 Å². The molecule has 136 valence electrons. The van der Waals surface area contributed by atoms with Gasteiger partial charge < -0.3 is 4.74 Å². The molecular weight excluding hydrogens is 338 g/mol. The topological polar surface area (TPSA) is 46.6 Å². The van der Waals surface area contributed by atoms with E-state index in [1.165, 1.54) is 10.5 Å². The summed E-state index contributed by atoms with van der Waals surface area (Å²) in [6.07, 6.45) is 5.17. The molecule has 2 fully saturated rings. The molecule has 0 N–H and O–H groups in total. The Morgan fingerprint density at radius 1 is 0.889 bits per heavy atom. The Morgan fingerprint density at radius 2 is 1.52 bits per heavy atom. The van der Waals surface area contributed by atoms with Gasteiger partial charge in [-0.15, -0.1) is 0 Å². The van der Waals surface area contributed by atoms with E-state index in [1.54, 1.807) is 12.1 Å². The zero-order chi connectivity index (χ0) is 18.7. The van der Waals surface area contributed by atoms with Crippen molar-refractivity contribution >= 4 is 17.5 Å². The fourth-order valence-electron chi connectivity index (χ4n) is 4.78. The van der Waals surface area contributed by atoms with Gasteiger partial charge in [-0.05, 0) is 73.6 Å². The summed E-state index contributed by atoms with van der Waals surface area (Å²) < 4.78 is 5.98. The number of carbonyl (C=O) groups is 2. The van der Waals surface area contributed by atoms with Crippen LogP contribution in [-0.4, -0.2) is 11.8 Å². The summed E-state index contributed by atoms with van der Waals surface area (Å²) in [6, 6.07) is 13.2. The lowest BCUT2D eigenvalue weighted by molar-refractivity contribution is -0.123. The van der Waals surface area contributed by atoms with E-state index in [-0.39, 0.29) is 35.5 Å². The number of allylic oxidation sites excluding steroid dienone is 2. The molecule has 27 heavy (non-hydrogen) atoms. The minimum Gasteiger partial charge on any atom is -0.457 e. The van der Waals surface area contributed by atoms with Crippen LogP contribution in [0, 0.1) is 37.5 Å². The predicted octanol–water partition coefficient (Wildman–Crippen LogP) is 4.41. The van der Waals surface area contributed by atoms with Gasteiger partial charge in [0, 0.05) is 0 Å². The lowest BCUT2D eigenvalue weighted by Gasteiger charge is -2.18. The van der Waals surface area contributed by atoms with Crippen LogP contribution in [0.2, 0.25) is 0 Å². The molecule has 2 aromatic carbocycles. The molecule has 1 heterocycles. The van der Waals surface area contributed by atoms with Gasteiger partial charge in [0.25, 0.3) is 0 Å². The first-order chi connectivity index (χ1) is 13.0. The molecule has 2 aliphatic carbocycles. The first kappa shape index (κ1) is 16.3. The maximum Gasteiger partial charge on any atom is 0.238 e. The number of fused-ring (bicyclic) bond motifs is 5. The molecule has 1 aliphatic heterocycles. The van der Waals surface area contributed by atoms with Gasteiger partial charge in [-0.25, -0.2) is 0 Å². The van der Waals surface area contributed by atoms with Gasteiger partial charge in [-0.3, -0.25) is 14.5 Å². The number of benzene rings is 2. The van der Waals surface area contributed by atoms with Crippen LogP contribution in [-0.2, 0) is 9.59 Å². The molecule has 1 saturated carbocycles. The van der Waals surface area contributed by atoms with Gasteiger partial charge in [0.1, 0.15) is 11.5 Å². The zero-order valence-electron chi connectivity index (χ0n) is 15.4. The standard InChI is InChI=1S/C23H21NO3/c1-13-4-3-5-19(14(13)2)27-18-10-8-17(9-11-18)24-22(25)20-15-6-7-16(12-15)21(20)23(24)26/h3-11,15-16,20-21H,12H2,1-2H3/t15-,16-,20-,21+/m0/s1. The molecule has 4 heteroatoms. The molecule has 0 radical (unpaired) electrons. The monoisotopic (exact) mass is 359 g/mol. The van der Waals surface area contributed by atoms with Crippen molar-refractivity contribution in [3.8, 4) is 11.5 Å². The predicted molar refractivity (Wildman–Crippen MR) is 103 cm³/mol. The van der Waals surface area contributed by atoms with Crippen LogP contribution >= 0.6 is 0 Å². The Kier molecular flexibility index (Phi) is 3.51. The summed E-state index contributed by atoms with van der Waals surface area (Å²) in [6.45, 7) is 4.08. The van der Waals surface area contributed by atoms with Crippen LogP contribution in [0.1, 0.15) is 17.5 Å². The van der Waals surface area contributed by atoms with E-state index < -0.39 is 0 Å². The normalized spacial score (nSPS) is 28.1. The Morgan fingerprint density at radius 3 is 2.15 bits per heavy atom. The fourth-order valence-corrected chi connectivity index (χ4v) is 4.78. The van der Waals surface area contributed by atoms with Crippen molar-refractivity contribution in [2.24, 2.45) is 23.7 Å². The van der Waals surface area contributed by atoms with Crippen molar-refractivity contribution in [3.05, 3.63) is 65.7 Å². The summed E-state index contributed by atoms with van der Waals surface area (Å²) in [7, 11) is 0. The van der Waals surface area contributed by atoms with Gasteiger partial charge >= 0.3 is 0 Å². The summed E-state index contributed by atoms with van der Waals surface area (Å²) in [5.74, 6) is 1.52. The van der Waals surface area contributed by atoms with Crippen molar-refractivity contribution in [1.29, 1.82) is 0 Å². The Balaban J connectivity index is 1.39. The number of carbonyl (C=O) groups excluding carboxylic acids is 2. The van der Waals surface area contributed by atoms with Gasteiger partial charge in [-0.1, -0.05) is 24.3 Å². The van der Waals surface area contributed by atoms with Crippen molar-refractivity contribution in [3.63, 3.8) is 0 Å². The number of aryl methyl sites for hydroxylation is 1. The number of hydrogen-bond donors (Lipinski definition) is 0. The van der Waals surface area contributed by atoms with Crippen molar-refractivity contribution in [2.75, 3.05) is 4.90 Å². The smallest absolute Gasteiger partial charge is 0.238 e. The number of amides is 2. The lowest BCUT2D eigenvalue weighted by atomic mass is 9.85. The molecule has 5 rings (SSSR count). The first-order valence-electron chi connectivity index (χ1n) is 9.45. The maximum absolute atomic E-state index is 12.9. The molecule has 1 saturated heterocycles. The Labute approximate surface area is 158 Å². The SMILES string of the molecule is Cc1cccc(Oc2ccc(N3C(=O)[C@@H]4[C@H](C3=O)[C@H]3C=C[C@H]4C3)cc2)c1C. The largest absolute Gasteiger partial charge is 0.457 e. The number of imide groups is 1. The maximum atomic E-state index is 12.9. The quantitative estimate of drug-likeness (QED) is 0.602. The molecule has 2 aromatic rings. The molecule has 2 amide bonds. The first-order valence-corrected chi connectivity index (χ1v) is 9.45. The van der Waals surface area contributed by atoms with E-state index in [9.17, 15) is 9.59 Å². The third-order valence-corrected chi connectivity index (χ3v) is 6.35. The number of ether oxygens (including phenoxy) is 1. The molecule has 0 aromatic heterocycles. The highest BCUT2D eigenvalue weighted by Crippen LogP contribution is 2.53. The number of nitrogens with zero attached hydrogens (tertiary/aromatic N) is 1. The zero-order valence-corrected chi connectivity index (χ0v) is 15.4. The van der Waals surface area contributed by atoms with Gasteiger partial charge in [0.2, 0.25) is 11.8 Å². The third-order valence-electron chi connectivity index (χ3n) is 6.35. The number of anilines is 1. The Bertz CT molecular complexity index is 946. The van der Waals surface area contributed by atoms with Crippen LogP contribution in [0.3, 0.4) is 0 Å². The van der Waals surface area contributed by atoms with Gasteiger partial charge in [-0.2, -0.15) is 0 Å². The third kappa shape index (κ3) is 2.36. The second-order valence-corrected chi connectivity index (χ2v) is 7.81. The fraction of sp³-hybridized carbons (Fsp3) is 0.304. The molecule has 2 bridgehead atoms. The van der Waals surface area contributed by atoms with Crippen LogP contribution in [0.4, 0.5) is 5.69 Å². The molecular formula is C23H21NO3. The second kappa shape index (κ2) is 5.81. The molecule has 4 nitrogen and oxygen atoms in total. The van der Waals surface area contributed by atoms with Crippen molar-refractivity contribution in [1.82, 2.24) is 0 Å². The number of rotatable bonds is 3. The van der Waals surface area contributed by atoms with E-state index in [0.717, 1.165) is 17.7 Å². The van der Waals surface area contributed by atoms with Crippen LogP contribution < -0.4 is 9.64 Å². The summed E-state index contributed by atoms with van der Waals surface area (Å²) >= 11 is 0. The Hall–Kier alpha value is -2.88. The van der Waals surface area contributed by atoms with Gasteiger partial charge in [0.15, 0.2) is 0 Å². The van der Waals surface area contributed by atoms with Crippen molar-refractivity contribution in [2.45, 2.75) is 20.3 Å². The van der Waals surface area contributed by atoms with Gasteiger partial charge in [0.05, 0.1) is 17.5 Å². The average Bonchev–Trinajstić information content (AvgIpc) is 3.34. The second-order valence-electron chi connectivity index (χ2n) is 7.81. The van der Waals surface area contributed by atoms with E-state index in [4.69, 9.17) is 4.74 Å². The summed E-state index contributed by atoms with van der Waals surface area (Å²) in [5, 5.41) is 0. The van der Waals surface area contributed by atoms with E-state index in [0.29, 0.717) is 11.4 Å². The molecule has 0 spiro atoms. The van der Waals surface area contributed by atoms with Crippen LogP contribution in [0.15, 0.2) is 54.6 Å². The van der Waals surface area contributed by atoms with Crippen LogP contribution in [0.25, 0.3) is 0 Å². The average molecular weight is 359 g/mol. The minimum atomic E-state index is -0.168. The summed E-state index contributed by atoms with van der Waals surface area (Å²) in [4.78, 5) is 27.1. The molecule has 3 aliphatic rings. The molecule has 0 unspecified atom stereocenters. The van der Waals surface area contributed by atoms with E-state index in [2.05, 4.69) is 25.1 Å². The number of hydrogen-bond acceptors (Lipinski definition) is 3. The van der Waals surface area contributed by atoms with E-state index in [1.807, 2.05) is 31.2 Å². The lowest BCUT2D eigenvalue weighted by Crippen LogP contribution is -2.32. The summed E-state index contributed by atoms with van der Waals surface area (Å²) in [5.41, 5.74) is 2.90. The highest BCUT2D eigenvalue weighted by molar-refractivity contribution is 6.22. The minimum absolute atomic E-state index is 0.0509. The van der Waals surface area contributed by atoms with E-state index >= 15 is 0 Å². The van der Waals surface area contributed by atoms with Crippen molar-refractivity contribution < 1.29 is 14.3 Å². The highest BCUT2D eigenvalue weighted by atomic mass is 16.5.